The summed E-state index contributed by atoms with van der Waals surface area (Å²) in [7, 11) is 0. The Morgan fingerprint density at radius 1 is 1.28 bits per heavy atom. The molecule has 0 spiro atoms. The predicted octanol–water partition coefficient (Wildman–Crippen LogP) is 4.53. The Morgan fingerprint density at radius 2 is 2.06 bits per heavy atom. The number of hydrogen-bond donors (Lipinski definition) is 0. The van der Waals surface area contributed by atoms with Crippen LogP contribution in [0.4, 0.5) is 0 Å². The largest absolute Gasteiger partial charge is 0.491 e. The van der Waals surface area contributed by atoms with Crippen LogP contribution in [-0.4, -0.2) is 11.9 Å². The van der Waals surface area contributed by atoms with Gasteiger partial charge in [0.2, 0.25) is 5.78 Å². The van der Waals surface area contributed by atoms with Crippen molar-refractivity contribution in [2.45, 2.75) is 20.0 Å². The highest BCUT2D eigenvalue weighted by atomic mass is 79.9. The van der Waals surface area contributed by atoms with Gasteiger partial charge in [0.05, 0.1) is 14.8 Å². The van der Waals surface area contributed by atoms with E-state index in [0.717, 1.165) is 14.4 Å². The Balaban J connectivity index is 2.25. The monoisotopic (exact) mass is 324 g/mol. The standard InChI is InChI=1S/C14H13BrO2S/c1-9(2)17-11-5-3-4-10(8-11)14(16)12-6-7-13(15)18-12/h3-9H,1-2H3. The fraction of sp³-hybridized carbons (Fsp3) is 0.214. The van der Waals surface area contributed by atoms with E-state index >= 15 is 0 Å². The first-order valence-electron chi connectivity index (χ1n) is 5.63. The molecule has 0 aliphatic rings. The zero-order valence-electron chi connectivity index (χ0n) is 10.1. The number of benzene rings is 1. The van der Waals surface area contributed by atoms with Gasteiger partial charge in [-0.15, -0.1) is 11.3 Å². The minimum Gasteiger partial charge on any atom is -0.491 e. The smallest absolute Gasteiger partial charge is 0.203 e. The molecule has 0 unspecified atom stereocenters. The van der Waals surface area contributed by atoms with E-state index in [1.54, 1.807) is 6.07 Å². The second-order valence-electron chi connectivity index (χ2n) is 4.13. The van der Waals surface area contributed by atoms with Crippen LogP contribution < -0.4 is 4.74 Å². The zero-order valence-corrected chi connectivity index (χ0v) is 12.5. The maximum Gasteiger partial charge on any atom is 0.203 e. The Bertz CT molecular complexity index is 560. The fourth-order valence-electron chi connectivity index (χ4n) is 1.56. The Labute approximate surface area is 119 Å². The number of rotatable bonds is 4. The van der Waals surface area contributed by atoms with Crippen LogP contribution in [0, 0.1) is 0 Å². The van der Waals surface area contributed by atoms with Crippen LogP contribution in [0.5, 0.6) is 5.75 Å². The predicted molar refractivity (Wildman–Crippen MR) is 77.7 cm³/mol. The van der Waals surface area contributed by atoms with E-state index < -0.39 is 0 Å². The summed E-state index contributed by atoms with van der Waals surface area (Å²) in [5.74, 6) is 0.756. The summed E-state index contributed by atoms with van der Waals surface area (Å²) >= 11 is 4.80. The maximum atomic E-state index is 12.2. The van der Waals surface area contributed by atoms with E-state index in [1.165, 1.54) is 11.3 Å². The van der Waals surface area contributed by atoms with E-state index in [1.807, 2.05) is 44.2 Å². The Kier molecular flexibility index (Phi) is 4.19. The highest BCUT2D eigenvalue weighted by Gasteiger charge is 2.12. The molecule has 18 heavy (non-hydrogen) atoms. The van der Waals surface area contributed by atoms with Crippen molar-refractivity contribution in [1.29, 1.82) is 0 Å². The normalized spacial score (nSPS) is 10.7. The number of carbonyl (C=O) groups excluding carboxylic acids is 1. The van der Waals surface area contributed by atoms with Gasteiger partial charge in [0.1, 0.15) is 5.75 Å². The SMILES string of the molecule is CC(C)Oc1cccc(C(=O)c2ccc(Br)s2)c1. The van der Waals surface area contributed by atoms with Crippen molar-refractivity contribution in [3.8, 4) is 5.75 Å². The van der Waals surface area contributed by atoms with Crippen LogP contribution in [0.1, 0.15) is 29.1 Å². The third-order valence-electron chi connectivity index (χ3n) is 2.27. The molecule has 1 heterocycles. The van der Waals surface area contributed by atoms with E-state index in [-0.39, 0.29) is 11.9 Å². The number of thiophene rings is 1. The maximum absolute atomic E-state index is 12.2. The Hall–Kier alpha value is -1.13. The number of halogens is 1. The second-order valence-corrected chi connectivity index (χ2v) is 6.59. The average Bonchev–Trinajstić information content (AvgIpc) is 2.74. The van der Waals surface area contributed by atoms with Crippen molar-refractivity contribution < 1.29 is 9.53 Å². The summed E-state index contributed by atoms with van der Waals surface area (Å²) in [5.41, 5.74) is 0.655. The lowest BCUT2D eigenvalue weighted by molar-refractivity contribution is 0.104. The van der Waals surface area contributed by atoms with Gasteiger partial charge in [0, 0.05) is 5.56 Å². The van der Waals surface area contributed by atoms with Gasteiger partial charge in [0.25, 0.3) is 0 Å². The highest BCUT2D eigenvalue weighted by Crippen LogP contribution is 2.25. The summed E-state index contributed by atoms with van der Waals surface area (Å²) in [6, 6.07) is 11.0. The van der Waals surface area contributed by atoms with E-state index in [0.29, 0.717) is 5.56 Å². The summed E-state index contributed by atoms with van der Waals surface area (Å²) in [6.07, 6.45) is 0.103. The molecule has 2 rings (SSSR count). The van der Waals surface area contributed by atoms with Gasteiger partial charge in [-0.1, -0.05) is 12.1 Å². The molecule has 0 radical (unpaired) electrons. The third kappa shape index (κ3) is 3.21. The molecule has 0 fully saturated rings. The lowest BCUT2D eigenvalue weighted by Gasteiger charge is -2.10. The van der Waals surface area contributed by atoms with Gasteiger partial charge in [-0.25, -0.2) is 0 Å². The van der Waals surface area contributed by atoms with Gasteiger partial charge in [-0.2, -0.15) is 0 Å². The first-order chi connectivity index (χ1) is 8.56. The molecule has 0 saturated heterocycles. The van der Waals surface area contributed by atoms with E-state index in [9.17, 15) is 4.79 Å². The first kappa shape index (κ1) is 13.3. The van der Waals surface area contributed by atoms with Gasteiger partial charge >= 0.3 is 0 Å². The molecule has 0 aliphatic heterocycles. The van der Waals surface area contributed by atoms with Crippen molar-refractivity contribution in [2.75, 3.05) is 0 Å². The molecule has 0 atom stereocenters. The molecule has 1 aromatic heterocycles. The zero-order chi connectivity index (χ0) is 13.1. The molecular formula is C14H13BrO2S. The topological polar surface area (TPSA) is 26.3 Å². The molecular weight excluding hydrogens is 312 g/mol. The van der Waals surface area contributed by atoms with Crippen molar-refractivity contribution in [3.63, 3.8) is 0 Å². The third-order valence-corrected chi connectivity index (χ3v) is 3.89. The Morgan fingerprint density at radius 3 is 2.67 bits per heavy atom. The summed E-state index contributed by atoms with van der Waals surface area (Å²) in [5, 5.41) is 0. The van der Waals surface area contributed by atoms with Gasteiger partial charge in [-0.05, 0) is 54.0 Å². The number of carbonyl (C=O) groups is 1. The first-order valence-corrected chi connectivity index (χ1v) is 7.24. The van der Waals surface area contributed by atoms with Crippen molar-refractivity contribution >= 4 is 33.0 Å². The van der Waals surface area contributed by atoms with Gasteiger partial charge in [0.15, 0.2) is 0 Å². The van der Waals surface area contributed by atoms with Crippen LogP contribution in [-0.2, 0) is 0 Å². The number of hydrogen-bond acceptors (Lipinski definition) is 3. The second kappa shape index (κ2) is 5.67. The molecule has 94 valence electrons. The molecule has 0 bridgehead atoms. The van der Waals surface area contributed by atoms with Crippen LogP contribution in [0.3, 0.4) is 0 Å². The molecule has 4 heteroatoms. The van der Waals surface area contributed by atoms with Crippen LogP contribution >= 0.6 is 27.3 Å². The fourth-order valence-corrected chi connectivity index (χ4v) is 2.91. The number of ether oxygens (including phenoxy) is 1. The molecule has 0 saturated carbocycles. The van der Waals surface area contributed by atoms with Gasteiger partial charge < -0.3 is 4.74 Å². The minimum atomic E-state index is 0.0277. The highest BCUT2D eigenvalue weighted by molar-refractivity contribution is 9.11. The van der Waals surface area contributed by atoms with E-state index in [2.05, 4.69) is 15.9 Å². The quantitative estimate of drug-likeness (QED) is 0.772. The molecule has 0 aliphatic carbocycles. The minimum absolute atomic E-state index is 0.0277. The van der Waals surface area contributed by atoms with Crippen molar-refractivity contribution in [1.82, 2.24) is 0 Å². The molecule has 2 aromatic rings. The molecule has 2 nitrogen and oxygen atoms in total. The van der Waals surface area contributed by atoms with Crippen LogP contribution in [0.2, 0.25) is 0 Å². The lowest BCUT2D eigenvalue weighted by atomic mass is 10.1. The van der Waals surface area contributed by atoms with Crippen molar-refractivity contribution in [3.05, 3.63) is 50.6 Å². The summed E-state index contributed by atoms with van der Waals surface area (Å²) in [4.78, 5) is 13.0. The van der Waals surface area contributed by atoms with Crippen LogP contribution in [0.25, 0.3) is 0 Å². The van der Waals surface area contributed by atoms with Crippen molar-refractivity contribution in [2.24, 2.45) is 0 Å². The van der Waals surface area contributed by atoms with E-state index in [4.69, 9.17) is 4.74 Å². The average molecular weight is 325 g/mol. The van der Waals surface area contributed by atoms with Crippen LogP contribution in [0.15, 0.2) is 40.2 Å². The molecule has 0 amide bonds. The summed E-state index contributed by atoms with van der Waals surface area (Å²) in [6.45, 7) is 3.93. The van der Waals surface area contributed by atoms with Gasteiger partial charge in [-0.3, -0.25) is 4.79 Å². The number of ketones is 1. The molecule has 0 N–H and O–H groups in total. The molecule has 1 aromatic carbocycles. The summed E-state index contributed by atoms with van der Waals surface area (Å²) < 4.78 is 6.55. The lowest BCUT2D eigenvalue weighted by Crippen LogP contribution is -2.06.